The molecule has 2 aromatic carbocycles. The maximum atomic E-state index is 5.55. The Morgan fingerprint density at radius 3 is 2.97 bits per heavy atom. The summed E-state index contributed by atoms with van der Waals surface area (Å²) in [6, 6.07) is 14.6. The lowest BCUT2D eigenvalue weighted by Crippen LogP contribution is -2.26. The molecule has 3 heterocycles. The highest BCUT2D eigenvalue weighted by Crippen LogP contribution is 2.27. The molecule has 1 aliphatic rings. The van der Waals surface area contributed by atoms with Crippen LogP contribution in [0.15, 0.2) is 53.2 Å². The predicted molar refractivity (Wildman–Crippen MR) is 120 cm³/mol. The summed E-state index contributed by atoms with van der Waals surface area (Å²) in [7, 11) is 0. The van der Waals surface area contributed by atoms with Gasteiger partial charge in [-0.2, -0.15) is 10.1 Å². The van der Waals surface area contributed by atoms with Crippen LogP contribution in [0, 0.1) is 5.92 Å². The van der Waals surface area contributed by atoms with Crippen LogP contribution in [-0.4, -0.2) is 31.9 Å². The molecule has 6 rings (SSSR count). The van der Waals surface area contributed by atoms with Crippen molar-refractivity contribution in [1.29, 1.82) is 0 Å². The van der Waals surface area contributed by atoms with Crippen LogP contribution >= 0.6 is 0 Å². The molecule has 0 saturated heterocycles. The summed E-state index contributed by atoms with van der Waals surface area (Å²) in [6.07, 6.45) is 6.52. The summed E-state index contributed by atoms with van der Waals surface area (Å²) < 4.78 is 5.55. The van der Waals surface area contributed by atoms with Gasteiger partial charge in [0.25, 0.3) is 0 Å². The molecule has 0 atom stereocenters. The molecular formula is C24H24N6O. The fourth-order valence-electron chi connectivity index (χ4n) is 4.32. The number of fused-ring (bicyclic) bond motifs is 2. The van der Waals surface area contributed by atoms with Crippen LogP contribution < -0.4 is 5.32 Å². The first kappa shape index (κ1) is 18.3. The second kappa shape index (κ2) is 7.67. The third kappa shape index (κ3) is 3.61. The summed E-state index contributed by atoms with van der Waals surface area (Å²) in [5.41, 5.74) is 5.37. The highest BCUT2D eigenvalue weighted by Gasteiger charge is 2.16. The Morgan fingerprint density at radius 2 is 2.06 bits per heavy atom. The van der Waals surface area contributed by atoms with Crippen molar-refractivity contribution in [1.82, 2.24) is 30.6 Å². The number of aromatic amines is 2. The Hall–Kier alpha value is -3.45. The maximum absolute atomic E-state index is 5.55. The number of rotatable bonds is 7. The zero-order valence-corrected chi connectivity index (χ0v) is 17.2. The van der Waals surface area contributed by atoms with Crippen molar-refractivity contribution in [3.63, 3.8) is 0 Å². The zero-order valence-electron chi connectivity index (χ0n) is 17.2. The van der Waals surface area contributed by atoms with E-state index in [1.165, 1.54) is 30.3 Å². The van der Waals surface area contributed by atoms with Gasteiger partial charge in [-0.15, -0.1) is 0 Å². The zero-order chi connectivity index (χ0) is 20.6. The Kier molecular flexibility index (Phi) is 4.53. The summed E-state index contributed by atoms with van der Waals surface area (Å²) in [6.45, 7) is 2.00. The molecule has 0 aliphatic heterocycles. The molecule has 0 amide bonds. The first-order valence-corrected chi connectivity index (χ1v) is 10.9. The monoisotopic (exact) mass is 412 g/mol. The van der Waals surface area contributed by atoms with Crippen LogP contribution in [0.25, 0.3) is 33.2 Å². The van der Waals surface area contributed by atoms with Gasteiger partial charge in [0.05, 0.1) is 18.1 Å². The summed E-state index contributed by atoms with van der Waals surface area (Å²) in [4.78, 5) is 8.16. The predicted octanol–water partition coefficient (Wildman–Crippen LogP) is 4.57. The minimum absolute atomic E-state index is 0.586. The van der Waals surface area contributed by atoms with Gasteiger partial charge in [-0.05, 0) is 54.5 Å². The van der Waals surface area contributed by atoms with Gasteiger partial charge in [-0.1, -0.05) is 35.8 Å². The van der Waals surface area contributed by atoms with E-state index in [1.807, 2.05) is 18.2 Å². The van der Waals surface area contributed by atoms with Gasteiger partial charge in [0.2, 0.25) is 11.7 Å². The molecule has 0 spiro atoms. The van der Waals surface area contributed by atoms with Crippen molar-refractivity contribution in [3.05, 3.63) is 65.8 Å². The molecule has 7 nitrogen and oxygen atoms in total. The lowest BCUT2D eigenvalue weighted by atomic mass is 9.85. The summed E-state index contributed by atoms with van der Waals surface area (Å²) in [5, 5.41) is 17.1. The maximum Gasteiger partial charge on any atom is 0.231 e. The molecule has 0 bridgehead atoms. The topological polar surface area (TPSA) is 95.4 Å². The van der Waals surface area contributed by atoms with Crippen molar-refractivity contribution in [2.45, 2.75) is 32.2 Å². The van der Waals surface area contributed by atoms with Crippen LogP contribution in [0.2, 0.25) is 0 Å². The summed E-state index contributed by atoms with van der Waals surface area (Å²) >= 11 is 0. The van der Waals surface area contributed by atoms with E-state index in [1.54, 1.807) is 6.20 Å². The Bertz CT molecular complexity index is 1340. The van der Waals surface area contributed by atoms with Gasteiger partial charge < -0.3 is 14.8 Å². The lowest BCUT2D eigenvalue weighted by molar-refractivity contribution is 0.301. The molecule has 1 saturated carbocycles. The van der Waals surface area contributed by atoms with Crippen molar-refractivity contribution >= 4 is 21.8 Å². The van der Waals surface area contributed by atoms with E-state index in [0.29, 0.717) is 18.1 Å². The van der Waals surface area contributed by atoms with E-state index in [0.717, 1.165) is 46.6 Å². The van der Waals surface area contributed by atoms with Crippen LogP contribution in [-0.2, 0) is 13.0 Å². The second-order valence-corrected chi connectivity index (χ2v) is 8.47. The van der Waals surface area contributed by atoms with E-state index in [-0.39, 0.29) is 0 Å². The third-order valence-corrected chi connectivity index (χ3v) is 6.26. The van der Waals surface area contributed by atoms with Crippen molar-refractivity contribution in [2.24, 2.45) is 5.92 Å². The number of hydrogen-bond donors (Lipinski definition) is 3. The van der Waals surface area contributed by atoms with Crippen LogP contribution in [0.5, 0.6) is 0 Å². The smallest absolute Gasteiger partial charge is 0.231 e. The van der Waals surface area contributed by atoms with E-state index in [9.17, 15) is 0 Å². The highest BCUT2D eigenvalue weighted by molar-refractivity contribution is 5.92. The average Bonchev–Trinajstić information content (AvgIpc) is 3.48. The fraction of sp³-hybridized carbons (Fsp3) is 0.292. The number of nitrogens with zero attached hydrogens (tertiary/aromatic N) is 3. The molecule has 1 fully saturated rings. The van der Waals surface area contributed by atoms with Crippen molar-refractivity contribution in [2.75, 3.05) is 6.54 Å². The average molecular weight is 412 g/mol. The Balaban J connectivity index is 1.17. The highest BCUT2D eigenvalue weighted by atomic mass is 16.5. The van der Waals surface area contributed by atoms with Crippen LogP contribution in [0.1, 0.15) is 36.4 Å². The van der Waals surface area contributed by atoms with Crippen molar-refractivity contribution < 1.29 is 4.52 Å². The molecule has 156 valence electrons. The molecule has 31 heavy (non-hydrogen) atoms. The number of aromatic nitrogens is 5. The Labute approximate surface area is 179 Å². The van der Waals surface area contributed by atoms with Gasteiger partial charge in [0.1, 0.15) is 0 Å². The molecular weight excluding hydrogens is 388 g/mol. The second-order valence-electron chi connectivity index (χ2n) is 8.47. The largest absolute Gasteiger partial charge is 0.357 e. The number of nitrogens with one attached hydrogen (secondary N) is 3. The molecule has 5 aromatic rings. The van der Waals surface area contributed by atoms with E-state index in [2.05, 4.69) is 54.9 Å². The molecule has 1 aliphatic carbocycles. The number of hydrogen-bond acceptors (Lipinski definition) is 5. The normalized spacial score (nSPS) is 14.5. The van der Waals surface area contributed by atoms with Gasteiger partial charge in [-0.3, -0.25) is 5.10 Å². The SMILES string of the molecule is c1cc(-c2noc(Cc3ccc4cc(CNCC5CCC5)[nH]c4c3)n2)c2cn[nH]c2c1. The van der Waals surface area contributed by atoms with Crippen LogP contribution in [0.4, 0.5) is 0 Å². The number of H-pyrrole nitrogens is 2. The van der Waals surface area contributed by atoms with Crippen molar-refractivity contribution in [3.8, 4) is 11.4 Å². The molecule has 0 radical (unpaired) electrons. The molecule has 3 aromatic heterocycles. The summed E-state index contributed by atoms with van der Waals surface area (Å²) in [5.74, 6) is 2.06. The lowest BCUT2D eigenvalue weighted by Gasteiger charge is -2.25. The molecule has 0 unspecified atom stereocenters. The molecule has 3 N–H and O–H groups in total. The number of benzene rings is 2. The first-order chi connectivity index (χ1) is 15.3. The van der Waals surface area contributed by atoms with Gasteiger partial charge in [-0.25, -0.2) is 0 Å². The first-order valence-electron chi connectivity index (χ1n) is 10.9. The quantitative estimate of drug-likeness (QED) is 0.364. The Morgan fingerprint density at radius 1 is 1.10 bits per heavy atom. The minimum Gasteiger partial charge on any atom is -0.357 e. The van der Waals surface area contributed by atoms with Crippen LogP contribution in [0.3, 0.4) is 0 Å². The van der Waals surface area contributed by atoms with Gasteiger partial charge >= 0.3 is 0 Å². The molecule has 7 heteroatoms. The van der Waals surface area contributed by atoms with E-state index < -0.39 is 0 Å². The third-order valence-electron chi connectivity index (χ3n) is 6.26. The van der Waals surface area contributed by atoms with Gasteiger partial charge in [0, 0.05) is 28.7 Å². The minimum atomic E-state index is 0.586. The fourth-order valence-corrected chi connectivity index (χ4v) is 4.32. The van der Waals surface area contributed by atoms with E-state index in [4.69, 9.17) is 4.52 Å². The van der Waals surface area contributed by atoms with E-state index >= 15 is 0 Å². The standard InChI is InChI=1S/C24H24N6O/c1-3-15(4-1)12-25-13-18-11-17-8-7-16(9-22(17)27-18)10-23-28-24(30-31-23)19-5-2-6-21-20(19)14-26-29-21/h2,5-9,11,14-15,25,27H,1,3-4,10,12-13H2,(H,26,29). The van der Waals surface area contributed by atoms with Gasteiger partial charge in [0.15, 0.2) is 0 Å².